The van der Waals surface area contributed by atoms with Gasteiger partial charge in [-0.1, -0.05) is 56.3 Å². The molecule has 1 aliphatic heterocycles. The number of carbonyl (C=O) groups is 5. The molecule has 2 heterocycles. The zero-order valence-electron chi connectivity index (χ0n) is 25.1. The Labute approximate surface area is 257 Å². The first kappa shape index (κ1) is 32.2. The topological polar surface area (TPSA) is 159 Å². The maximum absolute atomic E-state index is 13.7. The maximum Gasteiger partial charge on any atom is 0.272 e. The first-order chi connectivity index (χ1) is 21.2. The number of aryl methyl sites for hydroxylation is 1. The Morgan fingerprint density at radius 3 is 2.50 bits per heavy atom. The molecule has 0 aliphatic carbocycles. The van der Waals surface area contributed by atoms with Crippen molar-refractivity contribution < 1.29 is 24.0 Å². The molecule has 1 fully saturated rings. The molecule has 4 amide bonds. The van der Waals surface area contributed by atoms with Crippen molar-refractivity contribution in [2.24, 2.45) is 11.8 Å². The molecular formula is C33H40N6O5. The highest BCUT2D eigenvalue weighted by molar-refractivity contribution is 5.97. The summed E-state index contributed by atoms with van der Waals surface area (Å²) in [6, 6.07) is 11.1. The normalized spacial score (nSPS) is 16.8. The molecule has 2 aromatic carbocycles. The Hall–Kier alpha value is -4.67. The van der Waals surface area contributed by atoms with Gasteiger partial charge in [-0.15, -0.1) is 0 Å². The van der Waals surface area contributed by atoms with E-state index in [2.05, 4.69) is 31.2 Å². The minimum Gasteiger partial charge on any atom is -0.356 e. The van der Waals surface area contributed by atoms with E-state index in [1.165, 1.54) is 18.6 Å². The highest BCUT2D eigenvalue weighted by Gasteiger charge is 2.31. The minimum atomic E-state index is -0.987. The van der Waals surface area contributed by atoms with Crippen LogP contribution in [0.25, 0.3) is 10.8 Å². The van der Waals surface area contributed by atoms with Crippen LogP contribution in [0.5, 0.6) is 0 Å². The van der Waals surface area contributed by atoms with E-state index >= 15 is 0 Å². The largest absolute Gasteiger partial charge is 0.356 e. The molecule has 3 aromatic rings. The zero-order chi connectivity index (χ0) is 31.5. The lowest BCUT2D eigenvalue weighted by Crippen LogP contribution is -2.56. The number of nitrogens with one attached hydrogen (secondary N) is 4. The lowest BCUT2D eigenvalue weighted by molar-refractivity contribution is -0.132. The average molecular weight is 601 g/mol. The lowest BCUT2D eigenvalue weighted by Gasteiger charge is -2.27. The van der Waals surface area contributed by atoms with E-state index in [1.807, 2.05) is 56.3 Å². The van der Waals surface area contributed by atoms with Crippen LogP contribution in [0, 0.1) is 11.8 Å². The third-order valence-electron chi connectivity index (χ3n) is 7.77. The molecule has 1 aromatic heterocycles. The summed E-state index contributed by atoms with van der Waals surface area (Å²) in [4.78, 5) is 72.3. The van der Waals surface area contributed by atoms with Crippen LogP contribution in [0.4, 0.5) is 0 Å². The van der Waals surface area contributed by atoms with Crippen molar-refractivity contribution in [1.29, 1.82) is 0 Å². The molecule has 4 N–H and O–H groups in total. The van der Waals surface area contributed by atoms with Crippen molar-refractivity contribution in [3.63, 3.8) is 0 Å². The Balaban J connectivity index is 1.50. The number of fused-ring (bicyclic) bond motifs is 1. The molecule has 0 unspecified atom stereocenters. The summed E-state index contributed by atoms with van der Waals surface area (Å²) in [5.74, 6) is -2.07. The van der Waals surface area contributed by atoms with Gasteiger partial charge in [-0.25, -0.2) is 4.98 Å². The minimum absolute atomic E-state index is 0.0353. The van der Waals surface area contributed by atoms with Gasteiger partial charge in [0.1, 0.15) is 24.1 Å². The summed E-state index contributed by atoms with van der Waals surface area (Å²) < 4.78 is 0. The van der Waals surface area contributed by atoms with E-state index in [4.69, 9.17) is 0 Å². The fourth-order valence-corrected chi connectivity index (χ4v) is 5.50. The van der Waals surface area contributed by atoms with Gasteiger partial charge in [0.25, 0.3) is 5.91 Å². The fraction of sp³-hybridized carbons (Fsp3) is 0.424. The number of hydrogen-bond acceptors (Lipinski definition) is 7. The molecule has 1 saturated heterocycles. The Kier molecular flexibility index (Phi) is 11.5. The molecule has 0 radical (unpaired) electrons. The lowest BCUT2D eigenvalue weighted by atomic mass is 9.91. The second kappa shape index (κ2) is 15.7. The monoisotopic (exact) mass is 600 g/mol. The SMILES string of the molecule is CC(C)C[C@H](NC(=O)[C@H](CCc1cccc2ccccc12)NC(=O)c1cnccn1)C(=O)N[C@H](C=O)C[C@@H]1CCCNC1=O. The number of benzene rings is 2. The Bertz CT molecular complexity index is 1460. The molecule has 0 bridgehead atoms. The van der Waals surface area contributed by atoms with E-state index in [9.17, 15) is 24.0 Å². The smallest absolute Gasteiger partial charge is 0.272 e. The second-order valence-corrected chi connectivity index (χ2v) is 11.6. The van der Waals surface area contributed by atoms with Gasteiger partial charge in [0.05, 0.1) is 12.2 Å². The summed E-state index contributed by atoms with van der Waals surface area (Å²) in [5, 5.41) is 13.2. The summed E-state index contributed by atoms with van der Waals surface area (Å²) in [6.45, 7) is 4.44. The van der Waals surface area contributed by atoms with E-state index in [0.29, 0.717) is 32.1 Å². The van der Waals surface area contributed by atoms with Crippen LogP contribution < -0.4 is 21.3 Å². The molecule has 11 heteroatoms. The van der Waals surface area contributed by atoms with Crippen molar-refractivity contribution in [1.82, 2.24) is 31.2 Å². The molecule has 0 spiro atoms. The number of aldehydes is 1. The van der Waals surface area contributed by atoms with Crippen LogP contribution in [0.15, 0.2) is 61.1 Å². The fourth-order valence-electron chi connectivity index (χ4n) is 5.50. The van der Waals surface area contributed by atoms with Crippen LogP contribution in [-0.2, 0) is 25.6 Å². The van der Waals surface area contributed by atoms with Crippen molar-refractivity contribution in [2.45, 2.75) is 70.5 Å². The van der Waals surface area contributed by atoms with Crippen molar-refractivity contribution in [3.8, 4) is 0 Å². The van der Waals surface area contributed by atoms with E-state index < -0.39 is 35.8 Å². The summed E-state index contributed by atoms with van der Waals surface area (Å²) >= 11 is 0. The molecule has 11 nitrogen and oxygen atoms in total. The summed E-state index contributed by atoms with van der Waals surface area (Å²) in [7, 11) is 0. The maximum atomic E-state index is 13.7. The second-order valence-electron chi connectivity index (χ2n) is 11.6. The van der Waals surface area contributed by atoms with Gasteiger partial charge in [-0.05, 0) is 60.8 Å². The predicted octanol–water partition coefficient (Wildman–Crippen LogP) is 2.49. The van der Waals surface area contributed by atoms with Crippen LogP contribution in [0.3, 0.4) is 0 Å². The van der Waals surface area contributed by atoms with Gasteiger partial charge in [-0.2, -0.15) is 0 Å². The molecule has 232 valence electrons. The highest BCUT2D eigenvalue weighted by Crippen LogP contribution is 2.21. The van der Waals surface area contributed by atoms with Gasteiger partial charge in [0, 0.05) is 24.9 Å². The molecule has 4 atom stereocenters. The molecule has 4 rings (SSSR count). The Morgan fingerprint density at radius 2 is 1.77 bits per heavy atom. The summed E-state index contributed by atoms with van der Waals surface area (Å²) in [5.41, 5.74) is 1.08. The molecule has 0 saturated carbocycles. The van der Waals surface area contributed by atoms with E-state index in [0.717, 1.165) is 22.8 Å². The highest BCUT2D eigenvalue weighted by atomic mass is 16.2. The molecule has 1 aliphatic rings. The summed E-state index contributed by atoms with van der Waals surface area (Å²) in [6.07, 6.45) is 7.47. The Morgan fingerprint density at radius 1 is 1.00 bits per heavy atom. The van der Waals surface area contributed by atoms with Crippen molar-refractivity contribution in [2.75, 3.05) is 6.54 Å². The van der Waals surface area contributed by atoms with Gasteiger partial charge in [0.15, 0.2) is 0 Å². The van der Waals surface area contributed by atoms with Crippen LogP contribution >= 0.6 is 0 Å². The van der Waals surface area contributed by atoms with Gasteiger partial charge >= 0.3 is 0 Å². The van der Waals surface area contributed by atoms with Crippen LogP contribution in [0.2, 0.25) is 0 Å². The molecular weight excluding hydrogens is 560 g/mol. The standard InChI is InChI=1S/C33H40N6O5/c1-21(2)17-28(32(43)37-25(20-40)18-24-10-6-14-36-30(24)41)39-31(42)27(38-33(44)29-19-34-15-16-35-29)13-12-23-9-5-8-22-7-3-4-11-26(22)23/h3-5,7-9,11,15-16,19-21,24-25,27-28H,6,10,12-14,17-18H2,1-2H3,(H,36,41)(H,37,43)(H,38,44)(H,39,42)/t24-,25-,27-,28-/m0/s1. The first-order valence-electron chi connectivity index (χ1n) is 15.1. The van der Waals surface area contributed by atoms with E-state index in [-0.39, 0.29) is 36.3 Å². The van der Waals surface area contributed by atoms with Crippen molar-refractivity contribution >= 4 is 40.7 Å². The number of carbonyl (C=O) groups excluding carboxylic acids is 5. The van der Waals surface area contributed by atoms with Gasteiger partial charge < -0.3 is 26.1 Å². The number of aromatic nitrogens is 2. The first-order valence-corrected chi connectivity index (χ1v) is 15.1. The zero-order valence-corrected chi connectivity index (χ0v) is 25.1. The number of amides is 4. The van der Waals surface area contributed by atoms with Gasteiger partial charge in [-0.3, -0.25) is 24.2 Å². The number of piperidine rings is 1. The van der Waals surface area contributed by atoms with Crippen LogP contribution in [-0.4, -0.2) is 64.6 Å². The third kappa shape index (κ3) is 8.92. The quantitative estimate of drug-likeness (QED) is 0.207. The number of hydrogen-bond donors (Lipinski definition) is 4. The predicted molar refractivity (Wildman–Crippen MR) is 165 cm³/mol. The molecule has 44 heavy (non-hydrogen) atoms. The van der Waals surface area contributed by atoms with Crippen molar-refractivity contribution in [3.05, 3.63) is 72.3 Å². The number of rotatable bonds is 14. The number of nitrogens with zero attached hydrogens (tertiary/aromatic N) is 2. The average Bonchev–Trinajstić information content (AvgIpc) is 3.03. The van der Waals surface area contributed by atoms with Crippen LogP contribution in [0.1, 0.15) is 62.0 Å². The third-order valence-corrected chi connectivity index (χ3v) is 7.77. The van der Waals surface area contributed by atoms with Gasteiger partial charge in [0.2, 0.25) is 17.7 Å². The van der Waals surface area contributed by atoms with E-state index in [1.54, 1.807) is 0 Å².